The van der Waals surface area contributed by atoms with Crippen molar-refractivity contribution < 1.29 is 37.8 Å². The molecule has 3 heterocycles. The summed E-state index contributed by atoms with van der Waals surface area (Å²) >= 11 is 6.01. The number of carbonyl (C=O) groups is 3. The average Bonchev–Trinajstić information content (AvgIpc) is 3.04. The second-order valence-electron chi connectivity index (χ2n) is 9.50. The molecule has 47 heavy (non-hydrogen) atoms. The molecule has 0 fully saturated rings. The first kappa shape index (κ1) is 36.0. The molecular weight excluding hydrogens is 650 g/mol. The van der Waals surface area contributed by atoms with Gasteiger partial charge in [-0.15, -0.1) is 0 Å². The Morgan fingerprint density at radius 2 is 1.64 bits per heavy atom. The number of carbonyl (C=O) groups excluding carboxylic acids is 2. The van der Waals surface area contributed by atoms with Gasteiger partial charge in [-0.3, -0.25) is 13.9 Å². The quantitative estimate of drug-likeness (QED) is 0.185. The van der Waals surface area contributed by atoms with Gasteiger partial charge in [0.15, 0.2) is 11.5 Å². The molecule has 2 aromatic heterocycles. The summed E-state index contributed by atoms with van der Waals surface area (Å²) < 4.78 is 30.2. The third-order valence-electron chi connectivity index (χ3n) is 6.35. The Kier molecular flexibility index (Phi) is 12.4. The van der Waals surface area contributed by atoms with Crippen LogP contribution in [0.3, 0.4) is 0 Å². The number of aromatic nitrogens is 2. The zero-order valence-corrected chi connectivity index (χ0v) is 27.3. The number of carboxylic acid groups (broad SMARTS) is 1. The minimum atomic E-state index is -3.91. The fourth-order valence-electron chi connectivity index (χ4n) is 4.05. The number of esters is 1. The Bertz CT molecular complexity index is 1900. The molecule has 0 unspecified atom stereocenters. The van der Waals surface area contributed by atoms with Crippen LogP contribution in [0.1, 0.15) is 35.3 Å². The van der Waals surface area contributed by atoms with Gasteiger partial charge in [0, 0.05) is 42.6 Å². The molecule has 4 N–H and O–H groups in total. The van der Waals surface area contributed by atoms with E-state index in [-0.39, 0.29) is 33.5 Å². The summed E-state index contributed by atoms with van der Waals surface area (Å²) in [4.78, 5) is 41.2. The van der Waals surface area contributed by atoms with Crippen LogP contribution in [0, 0.1) is 6.92 Å². The first-order chi connectivity index (χ1) is 22.3. The number of amides is 1. The highest BCUT2D eigenvalue weighted by atomic mass is 35.5. The monoisotopic (exact) mass is 681 g/mol. The number of halogens is 1. The van der Waals surface area contributed by atoms with Crippen LogP contribution < -0.4 is 10.6 Å². The minimum Gasteiger partial charge on any atom is -0.505 e. The van der Waals surface area contributed by atoms with E-state index in [1.807, 2.05) is 13.0 Å². The first-order valence-electron chi connectivity index (χ1n) is 13.9. The van der Waals surface area contributed by atoms with E-state index >= 15 is 0 Å². The highest BCUT2D eigenvalue weighted by Gasteiger charge is 2.37. The normalized spacial score (nSPS) is 12.7. The number of aliphatic hydroxyl groups is 1. The molecular formula is C32H32ClN5O8S. The largest absolute Gasteiger partial charge is 0.505 e. The van der Waals surface area contributed by atoms with Gasteiger partial charge >= 0.3 is 11.9 Å². The Morgan fingerprint density at radius 3 is 2.26 bits per heavy atom. The maximum Gasteiger partial charge on any atom is 0.339 e. The topological polar surface area (TPSA) is 188 Å². The lowest BCUT2D eigenvalue weighted by atomic mass is 10.1. The molecule has 0 saturated carbocycles. The van der Waals surface area contributed by atoms with Gasteiger partial charge in [0.2, 0.25) is 0 Å². The van der Waals surface area contributed by atoms with Crippen LogP contribution in [0.25, 0.3) is 5.76 Å². The summed E-state index contributed by atoms with van der Waals surface area (Å²) in [6.45, 7) is 5.51. The number of hydrogen-bond acceptors (Lipinski definition) is 10. The second kappa shape index (κ2) is 16.2. The van der Waals surface area contributed by atoms with E-state index in [2.05, 4.69) is 25.3 Å². The van der Waals surface area contributed by atoms with E-state index in [0.29, 0.717) is 17.4 Å². The summed E-state index contributed by atoms with van der Waals surface area (Å²) in [5.74, 6) is -1.84. The fraction of sp³-hybridized carbons (Fsp3) is 0.156. The van der Waals surface area contributed by atoms with E-state index in [1.54, 1.807) is 55.5 Å². The molecule has 0 aliphatic carbocycles. The van der Waals surface area contributed by atoms with Crippen LogP contribution in [-0.4, -0.2) is 64.4 Å². The van der Waals surface area contributed by atoms with Crippen LogP contribution >= 0.6 is 11.6 Å². The lowest BCUT2D eigenvalue weighted by molar-refractivity contribution is -0.140. The van der Waals surface area contributed by atoms with Crippen LogP contribution in [-0.2, 0) is 24.3 Å². The molecule has 2 aromatic carbocycles. The van der Waals surface area contributed by atoms with E-state index in [0.717, 1.165) is 15.6 Å². The van der Waals surface area contributed by atoms with Crippen LogP contribution in [0.4, 0.5) is 17.3 Å². The molecule has 0 atom stereocenters. The number of benzene rings is 2. The van der Waals surface area contributed by atoms with Crippen molar-refractivity contribution in [2.24, 2.45) is 0 Å². The Balaban J connectivity index is 0.000000223. The van der Waals surface area contributed by atoms with Crippen LogP contribution in [0.15, 0.2) is 95.8 Å². The first-order valence-corrected chi connectivity index (χ1v) is 15.7. The molecule has 0 spiro atoms. The average molecular weight is 682 g/mol. The summed E-state index contributed by atoms with van der Waals surface area (Å²) in [5.41, 5.74) is 1.45. The number of pyridine rings is 2. The van der Waals surface area contributed by atoms with E-state index < -0.39 is 27.7 Å². The van der Waals surface area contributed by atoms with Crippen molar-refractivity contribution in [3.63, 3.8) is 0 Å². The van der Waals surface area contributed by atoms with Gasteiger partial charge in [0.05, 0.1) is 11.5 Å². The number of aromatic carboxylic acids is 1. The number of hydrogen-bond donors (Lipinski definition) is 4. The molecule has 0 bridgehead atoms. The highest BCUT2D eigenvalue weighted by molar-refractivity contribution is 7.89. The molecule has 13 nitrogen and oxygen atoms in total. The number of ether oxygens (including phenoxy) is 1. The standard InChI is InChI=1S/C15H13N3O4S.C13H11ClN2O2.C4H8O2/c1-18-13(15(20)17-12-8-4-5-9-16-12)14(19)10-6-2-3-7-11(10)23(18,21)22;1-8-10(14)5-2-6-11(8)16-12-9(13(17)18)4-3-7-15-12;1-3-6-4(2)5/h2-9,19H,1H3,(H,16,17,20);2-7H,1H3,(H,15,16)(H,17,18);3H2,1-2H3. The number of carboxylic acids is 1. The zero-order valence-electron chi connectivity index (χ0n) is 25.8. The molecule has 0 saturated heterocycles. The van der Waals surface area contributed by atoms with Gasteiger partial charge in [0.1, 0.15) is 17.2 Å². The predicted octanol–water partition coefficient (Wildman–Crippen LogP) is 5.64. The maximum absolute atomic E-state index is 12.5. The summed E-state index contributed by atoms with van der Waals surface area (Å²) in [5, 5.41) is 25.5. The van der Waals surface area contributed by atoms with E-state index in [9.17, 15) is 27.9 Å². The van der Waals surface area contributed by atoms with Crippen molar-refractivity contribution in [3.05, 3.63) is 113 Å². The molecule has 5 rings (SSSR count). The number of nitrogens with zero attached hydrogens (tertiary/aromatic N) is 3. The molecule has 0 radical (unpaired) electrons. The number of anilines is 3. The third-order valence-corrected chi connectivity index (χ3v) is 8.57. The Hall–Kier alpha value is -5.47. The number of likely N-dealkylation sites (N-methyl/N-ethyl adjacent to an activating group) is 1. The molecule has 1 aliphatic heterocycles. The fourth-order valence-corrected chi connectivity index (χ4v) is 5.62. The summed E-state index contributed by atoms with van der Waals surface area (Å²) in [7, 11) is -2.69. The Labute approximate surface area is 276 Å². The summed E-state index contributed by atoms with van der Waals surface area (Å²) in [6.07, 6.45) is 3.02. The predicted molar refractivity (Wildman–Crippen MR) is 177 cm³/mol. The molecule has 246 valence electrons. The summed E-state index contributed by atoms with van der Waals surface area (Å²) in [6, 6.07) is 19.3. The Morgan fingerprint density at radius 1 is 0.957 bits per heavy atom. The number of sulfonamides is 1. The van der Waals surface area contributed by atoms with E-state index in [1.165, 1.54) is 44.6 Å². The van der Waals surface area contributed by atoms with Crippen LogP contribution in [0.2, 0.25) is 5.02 Å². The van der Waals surface area contributed by atoms with Crippen molar-refractivity contribution in [3.8, 4) is 0 Å². The number of nitrogens with one attached hydrogen (secondary N) is 2. The van der Waals surface area contributed by atoms with Crippen LogP contribution in [0.5, 0.6) is 0 Å². The molecule has 1 amide bonds. The second-order valence-corrected chi connectivity index (χ2v) is 11.8. The van der Waals surface area contributed by atoms with Gasteiger partial charge < -0.3 is 25.6 Å². The molecule has 4 aromatic rings. The zero-order chi connectivity index (χ0) is 34.7. The smallest absolute Gasteiger partial charge is 0.339 e. The number of aliphatic hydroxyl groups excluding tert-OH is 1. The molecule has 15 heteroatoms. The third kappa shape index (κ3) is 9.05. The SMILES string of the molecule is CCOC(C)=O.CN1C(C(=O)Nc2ccccn2)=C(O)c2ccccc2S1(=O)=O.Cc1c(Cl)cccc1Nc1ncccc1C(=O)O. The number of rotatable bonds is 6. The lowest BCUT2D eigenvalue weighted by Gasteiger charge is -2.28. The van der Waals surface area contributed by atoms with Crippen molar-refractivity contribution in [2.75, 3.05) is 24.3 Å². The van der Waals surface area contributed by atoms with Crippen molar-refractivity contribution in [2.45, 2.75) is 25.7 Å². The van der Waals surface area contributed by atoms with Crippen molar-refractivity contribution >= 4 is 62.6 Å². The van der Waals surface area contributed by atoms with E-state index in [4.69, 9.17) is 16.7 Å². The van der Waals surface area contributed by atoms with Gasteiger partial charge in [-0.1, -0.05) is 35.9 Å². The van der Waals surface area contributed by atoms with Gasteiger partial charge in [-0.25, -0.2) is 23.2 Å². The van der Waals surface area contributed by atoms with Gasteiger partial charge in [0.25, 0.3) is 15.9 Å². The van der Waals surface area contributed by atoms with Crippen molar-refractivity contribution in [1.29, 1.82) is 0 Å². The highest BCUT2D eigenvalue weighted by Crippen LogP contribution is 2.34. The molecule has 1 aliphatic rings. The number of fused-ring (bicyclic) bond motifs is 1. The lowest BCUT2D eigenvalue weighted by Crippen LogP contribution is -2.37. The van der Waals surface area contributed by atoms with Crippen molar-refractivity contribution in [1.82, 2.24) is 14.3 Å². The minimum absolute atomic E-state index is 0.0469. The van der Waals surface area contributed by atoms with Gasteiger partial charge in [-0.2, -0.15) is 0 Å². The van der Waals surface area contributed by atoms with Gasteiger partial charge in [-0.05, 0) is 67.9 Å². The maximum atomic E-state index is 12.5.